The average Bonchev–Trinajstić information content (AvgIpc) is 4.30. The summed E-state index contributed by atoms with van der Waals surface area (Å²) in [6.45, 7) is 0. The Morgan fingerprint density at radius 1 is 0.411 bits per heavy atom. The van der Waals surface area contributed by atoms with Gasteiger partial charge in [0.15, 0.2) is 0 Å². The Morgan fingerprint density at radius 3 is 1.42 bits per heavy atom. The van der Waals surface area contributed by atoms with Gasteiger partial charge < -0.3 is 34.5 Å². The molecule has 3 aliphatic rings. The Labute approximate surface area is 414 Å². The van der Waals surface area contributed by atoms with Gasteiger partial charge in [-0.3, -0.25) is 0 Å². The summed E-state index contributed by atoms with van der Waals surface area (Å²) in [7, 11) is 1.97. The summed E-state index contributed by atoms with van der Waals surface area (Å²) in [5, 5.41) is 3.19. The van der Waals surface area contributed by atoms with E-state index < -0.39 is 0 Å². The van der Waals surface area contributed by atoms with Crippen molar-refractivity contribution in [2.75, 3.05) is 0 Å². The van der Waals surface area contributed by atoms with Crippen molar-refractivity contribution >= 4 is 72.1 Å². The molecule has 0 fully saturated rings. The van der Waals surface area contributed by atoms with Crippen LogP contribution in [-0.2, 0) is 13.5 Å². The van der Waals surface area contributed by atoms with Gasteiger partial charge in [-0.1, -0.05) is 24.3 Å². The first kappa shape index (κ1) is 47.3. The van der Waals surface area contributed by atoms with Crippen LogP contribution in [0.3, 0.4) is 0 Å². The number of hydrogen-bond acceptors (Lipinski definition) is 15. The number of aromatic nitrogens is 22. The molecular weight excluding hydrogens is 921 g/mol. The third-order valence-electron chi connectivity index (χ3n) is 10.4. The molecule has 0 bridgehead atoms. The second-order valence-corrected chi connectivity index (χ2v) is 15.3. The summed E-state index contributed by atoms with van der Waals surface area (Å²) < 4.78 is 1.97. The lowest BCUT2D eigenvalue weighted by atomic mass is 10.3. The molecule has 14 heterocycles. The monoisotopic (exact) mass is 964 g/mol. The van der Waals surface area contributed by atoms with Crippen LogP contribution in [0.25, 0.3) is 83.4 Å². The second kappa shape index (κ2) is 24.5. The highest BCUT2D eigenvalue weighted by Crippen LogP contribution is 2.17. The first-order valence-electron chi connectivity index (χ1n) is 22.3. The quantitative estimate of drug-likeness (QED) is 0.0833. The number of hydrogen-bond donors (Lipinski definition) is 6. The Bertz CT molecular complexity index is 3390. The van der Waals surface area contributed by atoms with Crippen molar-refractivity contribution in [3.63, 3.8) is 0 Å². The molecule has 0 aromatic carbocycles. The van der Waals surface area contributed by atoms with Crippen molar-refractivity contribution in [2.45, 2.75) is 6.42 Å². The van der Waals surface area contributed by atoms with E-state index in [1.165, 1.54) is 31.6 Å². The number of nitrogens with one attached hydrogen (secondary N) is 6. The zero-order valence-electron chi connectivity index (χ0n) is 38.9. The summed E-state index contributed by atoms with van der Waals surface area (Å²) in [6, 6.07) is 15.7. The van der Waals surface area contributed by atoms with Crippen molar-refractivity contribution in [3.05, 3.63) is 209 Å². The van der Waals surface area contributed by atoms with Crippen molar-refractivity contribution in [1.29, 1.82) is 0 Å². The topological polar surface area (TPSA) is 293 Å². The maximum absolute atomic E-state index is 4.09. The molecular formula is C51H44N22. The van der Waals surface area contributed by atoms with E-state index in [-0.39, 0.29) is 0 Å². The molecule has 0 radical (unpaired) electrons. The molecule has 0 unspecified atom stereocenters. The fourth-order valence-corrected chi connectivity index (χ4v) is 6.85. The highest BCUT2D eigenvalue weighted by atomic mass is 14.9. The predicted molar refractivity (Wildman–Crippen MR) is 278 cm³/mol. The molecule has 0 atom stereocenters. The number of aromatic amines is 6. The van der Waals surface area contributed by atoms with Gasteiger partial charge in [0.05, 0.1) is 69.2 Å². The summed E-state index contributed by atoms with van der Waals surface area (Å²) >= 11 is 0. The van der Waals surface area contributed by atoms with Crippen LogP contribution in [0.1, 0.15) is 11.3 Å². The van der Waals surface area contributed by atoms with Crippen molar-refractivity contribution in [2.24, 2.45) is 7.05 Å². The van der Waals surface area contributed by atoms with Gasteiger partial charge >= 0.3 is 0 Å². The van der Waals surface area contributed by atoms with Crippen LogP contribution in [0.2, 0.25) is 0 Å². The molecule has 0 saturated heterocycles. The van der Waals surface area contributed by atoms with Crippen molar-refractivity contribution in [1.82, 2.24) is 109 Å². The highest BCUT2D eigenvalue weighted by Gasteiger charge is 2.03. The van der Waals surface area contributed by atoms with Gasteiger partial charge in [0.25, 0.3) is 0 Å². The van der Waals surface area contributed by atoms with Crippen LogP contribution in [0.4, 0.5) is 0 Å². The van der Waals surface area contributed by atoms with Crippen molar-refractivity contribution < 1.29 is 0 Å². The van der Waals surface area contributed by atoms with E-state index in [1.807, 2.05) is 122 Å². The molecule has 0 amide bonds. The molecule has 22 heteroatoms. The molecule has 1 aliphatic heterocycles. The lowest BCUT2D eigenvalue weighted by molar-refractivity contribution is 0.932. The highest BCUT2D eigenvalue weighted by molar-refractivity contribution is 5.77. The minimum Gasteiger partial charge on any atom is -0.359 e. The molecule has 22 nitrogen and oxygen atoms in total. The normalized spacial score (nSPS) is 10.7. The van der Waals surface area contributed by atoms with Crippen LogP contribution < -0.4 is 0 Å². The number of fused-ring (bicyclic) bond motifs is 8. The maximum atomic E-state index is 4.09. The molecule has 6 N–H and O–H groups in total. The van der Waals surface area contributed by atoms with Crippen LogP contribution in [0.5, 0.6) is 0 Å². The lowest BCUT2D eigenvalue weighted by Crippen LogP contribution is -1.86. The molecule has 0 saturated carbocycles. The molecule has 13 aromatic heterocycles. The molecule has 0 spiro atoms. The van der Waals surface area contributed by atoms with E-state index in [9.17, 15) is 0 Å². The van der Waals surface area contributed by atoms with Gasteiger partial charge in [0.1, 0.15) is 55.6 Å². The molecule has 358 valence electrons. The molecule has 73 heavy (non-hydrogen) atoms. The van der Waals surface area contributed by atoms with Crippen LogP contribution in [-0.4, -0.2) is 109 Å². The predicted octanol–water partition coefficient (Wildman–Crippen LogP) is 8.32. The first-order chi connectivity index (χ1) is 36.1. The number of nitrogens with zero attached hydrogens (tertiary/aromatic N) is 16. The minimum absolute atomic E-state index is 0.894. The smallest absolute Gasteiger partial charge is 0.140 e. The Balaban J connectivity index is 0.000000103. The minimum atomic E-state index is 0.894. The largest absolute Gasteiger partial charge is 0.359 e. The van der Waals surface area contributed by atoms with Gasteiger partial charge in [-0.15, -0.1) is 0 Å². The zero-order valence-corrected chi connectivity index (χ0v) is 38.9. The number of rotatable bonds is 0. The lowest BCUT2D eigenvalue weighted by Gasteiger charge is -1.93. The molecule has 13 aromatic rings. The zero-order chi connectivity index (χ0) is 49.7. The third-order valence-corrected chi connectivity index (χ3v) is 10.4. The number of H-pyrrole nitrogens is 6. The van der Waals surface area contributed by atoms with E-state index >= 15 is 0 Å². The first-order valence-corrected chi connectivity index (χ1v) is 22.3. The average molecular weight is 965 g/mol. The van der Waals surface area contributed by atoms with E-state index in [0.29, 0.717) is 0 Å². The van der Waals surface area contributed by atoms with Crippen LogP contribution in [0, 0.1) is 0 Å². The van der Waals surface area contributed by atoms with E-state index in [4.69, 9.17) is 0 Å². The maximum Gasteiger partial charge on any atom is 0.140 e. The van der Waals surface area contributed by atoms with Gasteiger partial charge in [-0.25, -0.2) is 74.8 Å². The SMILES string of the molecule is C1=Cc2cncnc2C1.Cn1cc2cncnc2c1.c1cc2cnc[nH]c-2c1.c1ncc2[nH]ccc2n1.c1ncc2[nH]ccc2n1.c1ncc2[nH]ccc2n1.c1ncc2cc[nH]c2n1.c1ncc2cc[nH]c2n1. The summed E-state index contributed by atoms with van der Waals surface area (Å²) in [5.41, 5.74) is 13.2. The third kappa shape index (κ3) is 13.3. The van der Waals surface area contributed by atoms with Crippen molar-refractivity contribution in [3.8, 4) is 11.3 Å². The molecule has 16 rings (SSSR count). The van der Waals surface area contributed by atoms with E-state index in [0.717, 1.165) is 95.0 Å². The fraction of sp³-hybridized carbons (Fsp3) is 0.0392. The Morgan fingerprint density at radius 2 is 0.904 bits per heavy atom. The Kier molecular flexibility index (Phi) is 15.9. The van der Waals surface area contributed by atoms with Gasteiger partial charge in [0.2, 0.25) is 0 Å². The number of allylic oxidation sites excluding steroid dienone is 1. The van der Waals surface area contributed by atoms with Gasteiger partial charge in [-0.2, -0.15) is 0 Å². The fourth-order valence-electron chi connectivity index (χ4n) is 6.85. The summed E-state index contributed by atoms with van der Waals surface area (Å²) in [4.78, 5) is 77.0. The van der Waals surface area contributed by atoms with E-state index in [2.05, 4.69) is 117 Å². The summed E-state index contributed by atoms with van der Waals surface area (Å²) in [6.07, 6.45) is 45.1. The van der Waals surface area contributed by atoms with Crippen LogP contribution >= 0.6 is 0 Å². The van der Waals surface area contributed by atoms with E-state index in [1.54, 1.807) is 50.0 Å². The van der Waals surface area contributed by atoms with Gasteiger partial charge in [-0.05, 0) is 36.4 Å². The van der Waals surface area contributed by atoms with Crippen LogP contribution in [0.15, 0.2) is 198 Å². The molecule has 2 aliphatic carbocycles. The van der Waals surface area contributed by atoms with Gasteiger partial charge in [0, 0.05) is 121 Å². The summed E-state index contributed by atoms with van der Waals surface area (Å²) in [5.74, 6) is 0. The standard InChI is InChI=1S/C7H7N3.2C7H6N2.5C6H5N3/c1-10-3-6-2-8-5-9-7(6)4-10;2*1-2-6-4-8-5-9-7(6)3-1;3*1-2-8-6-3-7-4-9-5(1)6;2*1-2-8-6-5(1)3-7-4-9-6/h2-5H,1H3;1-2,4-5H,3H2;1-5H,(H,8,9);3*1-4,8H;2*1-4H,(H,7,8,9). The number of aryl methyl sites for hydroxylation is 1. The second-order valence-electron chi connectivity index (χ2n) is 15.3. The Hall–Kier alpha value is -10.8.